The Labute approximate surface area is 142 Å². The van der Waals surface area contributed by atoms with Crippen LogP contribution in [-0.2, 0) is 4.74 Å². The lowest BCUT2D eigenvalue weighted by atomic mass is 9.88. The Kier molecular flexibility index (Phi) is 7.15. The van der Waals surface area contributed by atoms with E-state index in [1.807, 2.05) is 7.05 Å². The highest BCUT2D eigenvalue weighted by molar-refractivity contribution is 5.79. The van der Waals surface area contributed by atoms with E-state index in [2.05, 4.69) is 41.3 Å². The van der Waals surface area contributed by atoms with Crippen LogP contribution in [0.4, 0.5) is 0 Å². The fourth-order valence-electron chi connectivity index (χ4n) is 4.00. The van der Waals surface area contributed by atoms with Crippen LogP contribution in [0.3, 0.4) is 0 Å². The number of hydrogen-bond acceptors (Lipinski definition) is 3. The molecule has 5 heteroatoms. The third kappa shape index (κ3) is 5.08. The molecule has 0 bridgehead atoms. The van der Waals surface area contributed by atoms with Gasteiger partial charge in [0.25, 0.3) is 0 Å². The molecule has 1 saturated carbocycles. The first-order valence-electron chi connectivity index (χ1n) is 9.24. The topological polar surface area (TPSA) is 40.1 Å². The molecule has 0 aromatic heterocycles. The normalized spacial score (nSPS) is 25.4. The van der Waals surface area contributed by atoms with Crippen molar-refractivity contribution in [3.05, 3.63) is 0 Å². The summed E-state index contributed by atoms with van der Waals surface area (Å²) in [5, 5.41) is 3.66. The van der Waals surface area contributed by atoms with E-state index in [1.165, 1.54) is 44.9 Å². The zero-order valence-electron chi connectivity index (χ0n) is 15.6. The predicted octanol–water partition coefficient (Wildman–Crippen LogP) is 2.18. The minimum Gasteiger partial charge on any atom is -0.381 e. The fourth-order valence-corrected chi connectivity index (χ4v) is 4.00. The number of rotatable bonds is 5. The van der Waals surface area contributed by atoms with Gasteiger partial charge in [0.15, 0.2) is 5.96 Å². The fraction of sp³-hybridized carbons (Fsp3) is 0.944. The number of hydrogen-bond donors (Lipinski definition) is 1. The van der Waals surface area contributed by atoms with E-state index in [4.69, 9.17) is 4.74 Å². The van der Waals surface area contributed by atoms with Crippen LogP contribution in [0.25, 0.3) is 0 Å². The Morgan fingerprint density at radius 2 is 1.87 bits per heavy atom. The van der Waals surface area contributed by atoms with Crippen molar-refractivity contribution in [3.8, 4) is 0 Å². The summed E-state index contributed by atoms with van der Waals surface area (Å²) in [6.45, 7) is 3.81. The second-order valence-corrected chi connectivity index (χ2v) is 7.54. The summed E-state index contributed by atoms with van der Waals surface area (Å²) in [4.78, 5) is 9.20. The molecule has 0 aromatic carbocycles. The van der Waals surface area contributed by atoms with Crippen molar-refractivity contribution in [2.24, 2.45) is 10.9 Å². The van der Waals surface area contributed by atoms with Crippen LogP contribution in [-0.4, -0.2) is 75.8 Å². The second kappa shape index (κ2) is 8.88. The molecule has 1 atom stereocenters. The molecule has 134 valence electrons. The Bertz CT molecular complexity index is 369. The molecule has 1 aliphatic heterocycles. The minimum atomic E-state index is 0.268. The SMILES string of the molecule is CN=C(NCC1(N(C)C)CCCCCC1)N(C)CC1CCOC1. The van der Waals surface area contributed by atoms with Crippen molar-refractivity contribution in [1.82, 2.24) is 15.1 Å². The molecular formula is C18H36N4O. The molecule has 2 aliphatic rings. The molecule has 23 heavy (non-hydrogen) atoms. The first-order valence-corrected chi connectivity index (χ1v) is 9.24. The second-order valence-electron chi connectivity index (χ2n) is 7.54. The summed E-state index contributed by atoms with van der Waals surface area (Å²) in [6, 6.07) is 0. The molecule has 0 aromatic rings. The van der Waals surface area contributed by atoms with Gasteiger partial charge < -0.3 is 19.9 Å². The first-order chi connectivity index (χ1) is 11.1. The van der Waals surface area contributed by atoms with Crippen LogP contribution in [0, 0.1) is 5.92 Å². The molecule has 2 fully saturated rings. The number of aliphatic imine (C=N–C) groups is 1. The summed E-state index contributed by atoms with van der Waals surface area (Å²) in [7, 11) is 8.49. The van der Waals surface area contributed by atoms with Gasteiger partial charge in [0, 0.05) is 45.2 Å². The minimum absolute atomic E-state index is 0.268. The molecule has 0 radical (unpaired) electrons. The Hall–Kier alpha value is -0.810. The zero-order chi connectivity index (χ0) is 16.7. The van der Waals surface area contributed by atoms with Crippen LogP contribution >= 0.6 is 0 Å². The van der Waals surface area contributed by atoms with Gasteiger partial charge in [-0.2, -0.15) is 0 Å². The van der Waals surface area contributed by atoms with Crippen molar-refractivity contribution in [2.45, 2.75) is 50.5 Å². The van der Waals surface area contributed by atoms with E-state index in [9.17, 15) is 0 Å². The number of ether oxygens (including phenoxy) is 1. The molecule has 5 nitrogen and oxygen atoms in total. The quantitative estimate of drug-likeness (QED) is 0.478. The Morgan fingerprint density at radius 1 is 1.17 bits per heavy atom. The van der Waals surface area contributed by atoms with Crippen molar-refractivity contribution in [3.63, 3.8) is 0 Å². The van der Waals surface area contributed by atoms with Crippen LogP contribution in [0.15, 0.2) is 4.99 Å². The summed E-state index contributed by atoms with van der Waals surface area (Å²) in [6.07, 6.45) is 9.18. The van der Waals surface area contributed by atoms with E-state index in [0.29, 0.717) is 5.92 Å². The van der Waals surface area contributed by atoms with Crippen molar-refractivity contribution in [2.75, 3.05) is 54.5 Å². The molecule has 1 heterocycles. The molecule has 1 saturated heterocycles. The van der Waals surface area contributed by atoms with Gasteiger partial charge in [-0.1, -0.05) is 25.7 Å². The van der Waals surface area contributed by atoms with Gasteiger partial charge in [0.2, 0.25) is 0 Å². The van der Waals surface area contributed by atoms with Gasteiger partial charge in [-0.05, 0) is 33.4 Å². The highest BCUT2D eigenvalue weighted by Gasteiger charge is 2.33. The van der Waals surface area contributed by atoms with E-state index in [1.54, 1.807) is 0 Å². The average molecular weight is 325 g/mol. The maximum Gasteiger partial charge on any atom is 0.193 e. The summed E-state index contributed by atoms with van der Waals surface area (Å²) in [5.74, 6) is 1.65. The van der Waals surface area contributed by atoms with Gasteiger partial charge in [0.05, 0.1) is 6.61 Å². The van der Waals surface area contributed by atoms with Gasteiger partial charge >= 0.3 is 0 Å². The van der Waals surface area contributed by atoms with Gasteiger partial charge in [-0.15, -0.1) is 0 Å². The largest absolute Gasteiger partial charge is 0.381 e. The average Bonchev–Trinajstić information content (AvgIpc) is 2.91. The van der Waals surface area contributed by atoms with Gasteiger partial charge in [0.1, 0.15) is 0 Å². The van der Waals surface area contributed by atoms with E-state index < -0.39 is 0 Å². The predicted molar refractivity (Wildman–Crippen MR) is 97.0 cm³/mol. The lowest BCUT2D eigenvalue weighted by Crippen LogP contribution is -2.54. The third-order valence-corrected chi connectivity index (χ3v) is 5.69. The number of nitrogens with one attached hydrogen (secondary N) is 1. The lowest BCUT2D eigenvalue weighted by Gasteiger charge is -2.40. The molecule has 1 unspecified atom stereocenters. The summed E-state index contributed by atoms with van der Waals surface area (Å²) >= 11 is 0. The number of nitrogens with zero attached hydrogens (tertiary/aromatic N) is 3. The zero-order valence-corrected chi connectivity index (χ0v) is 15.6. The molecule has 0 spiro atoms. The van der Waals surface area contributed by atoms with Crippen molar-refractivity contribution >= 4 is 5.96 Å². The van der Waals surface area contributed by atoms with Crippen LogP contribution in [0.5, 0.6) is 0 Å². The van der Waals surface area contributed by atoms with Crippen LogP contribution in [0.2, 0.25) is 0 Å². The molecule has 2 rings (SSSR count). The van der Waals surface area contributed by atoms with Gasteiger partial charge in [-0.3, -0.25) is 4.99 Å². The van der Waals surface area contributed by atoms with E-state index >= 15 is 0 Å². The molecule has 0 amide bonds. The third-order valence-electron chi connectivity index (χ3n) is 5.69. The van der Waals surface area contributed by atoms with Crippen molar-refractivity contribution < 1.29 is 4.74 Å². The maximum absolute atomic E-state index is 5.49. The highest BCUT2D eigenvalue weighted by Crippen LogP contribution is 2.30. The first kappa shape index (κ1) is 18.5. The standard InChI is InChI=1S/C18H36N4O/c1-19-17(22(4)13-16-9-12-23-14-16)20-15-18(21(2)3)10-7-5-6-8-11-18/h16H,5-15H2,1-4H3,(H,19,20). The van der Waals surface area contributed by atoms with Crippen molar-refractivity contribution in [1.29, 1.82) is 0 Å². The highest BCUT2D eigenvalue weighted by atomic mass is 16.5. The maximum atomic E-state index is 5.49. The van der Waals surface area contributed by atoms with E-state index in [0.717, 1.165) is 32.3 Å². The number of guanidine groups is 1. The summed E-state index contributed by atoms with van der Waals surface area (Å²) in [5.41, 5.74) is 0.268. The lowest BCUT2D eigenvalue weighted by molar-refractivity contribution is 0.131. The number of likely N-dealkylation sites (N-methyl/N-ethyl adjacent to an activating group) is 1. The smallest absolute Gasteiger partial charge is 0.193 e. The molecule has 1 N–H and O–H groups in total. The van der Waals surface area contributed by atoms with Crippen LogP contribution in [0.1, 0.15) is 44.9 Å². The molecule has 1 aliphatic carbocycles. The summed E-state index contributed by atoms with van der Waals surface area (Å²) < 4.78 is 5.49. The van der Waals surface area contributed by atoms with Gasteiger partial charge in [-0.25, -0.2) is 0 Å². The van der Waals surface area contributed by atoms with E-state index in [-0.39, 0.29) is 5.54 Å². The van der Waals surface area contributed by atoms with Crippen LogP contribution < -0.4 is 5.32 Å². The monoisotopic (exact) mass is 324 g/mol. The molecular weight excluding hydrogens is 288 g/mol. The Morgan fingerprint density at radius 3 is 2.39 bits per heavy atom. The Balaban J connectivity index is 1.91.